The number of hydrogen-bond acceptors (Lipinski definition) is 4. The Bertz CT molecular complexity index is 650. The van der Waals surface area contributed by atoms with E-state index in [9.17, 15) is 0 Å². The summed E-state index contributed by atoms with van der Waals surface area (Å²) in [4.78, 5) is 1.09. The van der Waals surface area contributed by atoms with Crippen LogP contribution < -0.4 is 0 Å². The lowest BCUT2D eigenvalue weighted by Gasteiger charge is -2.01. The van der Waals surface area contributed by atoms with Gasteiger partial charge in [0.05, 0.1) is 0 Å². The normalized spacial score (nSPS) is 10.9. The van der Waals surface area contributed by atoms with Gasteiger partial charge in [0.25, 0.3) is 0 Å². The number of nitrogens with zero attached hydrogens (tertiary/aromatic N) is 4. The molecule has 0 amide bonds. The fourth-order valence-corrected chi connectivity index (χ4v) is 2.29. The maximum absolute atomic E-state index is 5.83. The van der Waals surface area contributed by atoms with Crippen LogP contribution in [0.15, 0.2) is 52.6 Å². The Morgan fingerprint density at radius 3 is 2.71 bits per heavy atom. The zero-order valence-electron chi connectivity index (χ0n) is 8.62. The first-order valence-electron chi connectivity index (χ1n) is 4.92. The largest absolute Gasteiger partial charge is 0.199 e. The molecule has 3 aromatic rings. The molecule has 3 rings (SSSR count). The average Bonchev–Trinajstić information content (AvgIpc) is 2.79. The molecule has 0 aliphatic rings. The smallest absolute Gasteiger partial charge is 0.177 e. The molecule has 4 nitrogen and oxygen atoms in total. The molecule has 0 atom stereocenters. The molecule has 0 radical (unpaired) electrons. The maximum Gasteiger partial charge on any atom is 0.177 e. The Hall–Kier alpha value is -1.59. The Labute approximate surface area is 107 Å². The van der Waals surface area contributed by atoms with Gasteiger partial charge in [-0.25, -0.2) is 0 Å². The first-order valence-corrected chi connectivity index (χ1v) is 6.11. The van der Waals surface area contributed by atoms with E-state index in [-0.39, 0.29) is 0 Å². The van der Waals surface area contributed by atoms with Crippen molar-refractivity contribution in [3.63, 3.8) is 0 Å². The number of hydrogen-bond donors (Lipinski definition) is 0. The molecule has 1 aromatic carbocycles. The van der Waals surface area contributed by atoms with Crippen molar-refractivity contribution in [3.05, 3.63) is 47.7 Å². The molecular formula is C11H7ClN4S. The van der Waals surface area contributed by atoms with Gasteiger partial charge in [-0.15, -0.1) is 10.2 Å². The van der Waals surface area contributed by atoms with Gasteiger partial charge < -0.3 is 0 Å². The third-order valence-electron chi connectivity index (χ3n) is 2.17. The van der Waals surface area contributed by atoms with Crippen LogP contribution in [0.2, 0.25) is 5.02 Å². The van der Waals surface area contributed by atoms with Crippen LogP contribution in [0.25, 0.3) is 5.65 Å². The molecule has 0 N–H and O–H groups in total. The van der Waals surface area contributed by atoms with E-state index >= 15 is 0 Å². The lowest BCUT2D eigenvalue weighted by Crippen LogP contribution is -1.91. The predicted octanol–water partition coefficient (Wildman–Crippen LogP) is 2.93. The molecular weight excluding hydrogens is 256 g/mol. The molecule has 2 aromatic heterocycles. The van der Waals surface area contributed by atoms with Crippen molar-refractivity contribution in [3.8, 4) is 0 Å². The lowest BCUT2D eigenvalue weighted by molar-refractivity contribution is 0.853. The van der Waals surface area contributed by atoms with Crippen LogP contribution in [-0.4, -0.2) is 19.8 Å². The van der Waals surface area contributed by atoms with Crippen molar-refractivity contribution in [1.82, 2.24) is 19.8 Å². The second kappa shape index (κ2) is 4.35. The Balaban J connectivity index is 1.91. The molecule has 0 saturated heterocycles. The minimum atomic E-state index is 0.733. The lowest BCUT2D eigenvalue weighted by atomic mass is 10.4. The molecule has 0 spiro atoms. The van der Waals surface area contributed by atoms with E-state index in [1.165, 1.54) is 0 Å². The second-order valence-corrected chi connectivity index (χ2v) is 4.89. The Morgan fingerprint density at radius 2 is 1.88 bits per heavy atom. The number of benzene rings is 1. The van der Waals surface area contributed by atoms with E-state index in [1.54, 1.807) is 22.6 Å². The van der Waals surface area contributed by atoms with Crippen LogP contribution in [-0.2, 0) is 0 Å². The summed E-state index contributed by atoms with van der Waals surface area (Å²) in [6.45, 7) is 0. The van der Waals surface area contributed by atoms with Crippen molar-refractivity contribution in [2.24, 2.45) is 0 Å². The van der Waals surface area contributed by atoms with Crippen LogP contribution in [0.4, 0.5) is 0 Å². The molecule has 2 heterocycles. The highest BCUT2D eigenvalue weighted by molar-refractivity contribution is 7.99. The predicted molar refractivity (Wildman–Crippen MR) is 66.4 cm³/mol. The van der Waals surface area contributed by atoms with E-state index in [4.69, 9.17) is 11.6 Å². The molecule has 6 heteroatoms. The standard InChI is InChI=1S/C11H7ClN4S/c12-8-1-3-9(4-2-8)17-11-6-5-10-14-13-7-16(10)15-11/h1-7H. The van der Waals surface area contributed by atoms with Crippen LogP contribution in [0.3, 0.4) is 0 Å². The van der Waals surface area contributed by atoms with Crippen LogP contribution in [0.5, 0.6) is 0 Å². The summed E-state index contributed by atoms with van der Waals surface area (Å²) in [5.41, 5.74) is 0.741. The van der Waals surface area contributed by atoms with Gasteiger partial charge in [-0.3, -0.25) is 0 Å². The number of aromatic nitrogens is 4. The van der Waals surface area contributed by atoms with Gasteiger partial charge in [-0.05, 0) is 36.4 Å². The van der Waals surface area contributed by atoms with Crippen LogP contribution in [0.1, 0.15) is 0 Å². The van der Waals surface area contributed by atoms with Gasteiger partial charge in [0.2, 0.25) is 0 Å². The van der Waals surface area contributed by atoms with Crippen molar-refractivity contribution in [2.45, 2.75) is 9.92 Å². The maximum atomic E-state index is 5.83. The number of fused-ring (bicyclic) bond motifs is 1. The Morgan fingerprint density at radius 1 is 1.06 bits per heavy atom. The monoisotopic (exact) mass is 262 g/mol. The summed E-state index contributed by atoms with van der Waals surface area (Å²) in [5.74, 6) is 0. The average molecular weight is 263 g/mol. The summed E-state index contributed by atoms with van der Waals surface area (Å²) >= 11 is 7.40. The fourth-order valence-electron chi connectivity index (χ4n) is 1.39. The third-order valence-corrected chi connectivity index (χ3v) is 3.36. The van der Waals surface area contributed by atoms with Gasteiger partial charge in [0.15, 0.2) is 5.65 Å². The van der Waals surface area contributed by atoms with E-state index in [1.807, 2.05) is 36.4 Å². The molecule has 0 saturated carbocycles. The molecule has 0 aliphatic heterocycles. The van der Waals surface area contributed by atoms with Crippen LogP contribution in [0, 0.1) is 0 Å². The number of rotatable bonds is 2. The van der Waals surface area contributed by atoms with Crippen molar-refractivity contribution in [1.29, 1.82) is 0 Å². The first-order chi connectivity index (χ1) is 8.31. The molecule has 0 bridgehead atoms. The molecule has 0 aliphatic carbocycles. The summed E-state index contributed by atoms with van der Waals surface area (Å²) in [5, 5.41) is 13.7. The SMILES string of the molecule is Clc1ccc(Sc2ccc3nncn3n2)cc1. The van der Waals surface area contributed by atoms with Crippen molar-refractivity contribution >= 4 is 29.0 Å². The van der Waals surface area contributed by atoms with Crippen LogP contribution >= 0.6 is 23.4 Å². The quantitative estimate of drug-likeness (QED) is 0.712. The van der Waals surface area contributed by atoms with E-state index in [0.717, 1.165) is 20.6 Å². The minimum absolute atomic E-state index is 0.733. The molecule has 0 unspecified atom stereocenters. The minimum Gasteiger partial charge on any atom is -0.199 e. The summed E-state index contributed by atoms with van der Waals surface area (Å²) < 4.78 is 1.65. The summed E-state index contributed by atoms with van der Waals surface area (Å²) in [7, 11) is 0. The van der Waals surface area contributed by atoms with Gasteiger partial charge in [0, 0.05) is 9.92 Å². The van der Waals surface area contributed by atoms with Crippen molar-refractivity contribution < 1.29 is 0 Å². The highest BCUT2D eigenvalue weighted by atomic mass is 35.5. The summed E-state index contributed by atoms with van der Waals surface area (Å²) in [6, 6.07) is 11.5. The zero-order chi connectivity index (χ0) is 11.7. The Kier molecular flexibility index (Phi) is 2.70. The first kappa shape index (κ1) is 10.6. The second-order valence-electron chi connectivity index (χ2n) is 3.36. The van der Waals surface area contributed by atoms with Gasteiger partial charge in [0.1, 0.15) is 11.4 Å². The van der Waals surface area contributed by atoms with E-state index in [0.29, 0.717) is 0 Å². The molecule has 17 heavy (non-hydrogen) atoms. The fraction of sp³-hybridized carbons (Fsp3) is 0. The summed E-state index contributed by atoms with van der Waals surface area (Å²) in [6.07, 6.45) is 1.58. The van der Waals surface area contributed by atoms with Gasteiger partial charge in [-0.1, -0.05) is 23.4 Å². The van der Waals surface area contributed by atoms with E-state index < -0.39 is 0 Å². The highest BCUT2D eigenvalue weighted by Gasteiger charge is 2.01. The zero-order valence-corrected chi connectivity index (χ0v) is 10.2. The van der Waals surface area contributed by atoms with Gasteiger partial charge in [-0.2, -0.15) is 9.61 Å². The number of halogens is 1. The van der Waals surface area contributed by atoms with Crippen molar-refractivity contribution in [2.75, 3.05) is 0 Å². The van der Waals surface area contributed by atoms with Gasteiger partial charge >= 0.3 is 0 Å². The molecule has 84 valence electrons. The van der Waals surface area contributed by atoms with E-state index in [2.05, 4.69) is 15.3 Å². The third kappa shape index (κ3) is 2.25. The molecule has 0 fully saturated rings. The topological polar surface area (TPSA) is 43.1 Å². The highest BCUT2D eigenvalue weighted by Crippen LogP contribution is 2.26.